The molecule has 0 spiro atoms. The Hall–Kier alpha value is -2.67. The van der Waals surface area contributed by atoms with Crippen LogP contribution >= 0.6 is 11.8 Å². The summed E-state index contributed by atoms with van der Waals surface area (Å²) in [6, 6.07) is 9.81. The van der Waals surface area contributed by atoms with Crippen LogP contribution in [0.3, 0.4) is 0 Å². The summed E-state index contributed by atoms with van der Waals surface area (Å²) < 4.78 is 32.3. The first-order valence-corrected chi connectivity index (χ1v) is 9.11. The quantitative estimate of drug-likeness (QED) is 0.711. The van der Waals surface area contributed by atoms with E-state index in [2.05, 4.69) is 0 Å². The van der Waals surface area contributed by atoms with Crippen LogP contribution in [0.4, 0.5) is 14.5 Å². The number of para-hydroxylation sites is 1. The van der Waals surface area contributed by atoms with Crippen molar-refractivity contribution in [2.24, 2.45) is 0 Å². The molecule has 2 aromatic carbocycles. The van der Waals surface area contributed by atoms with Gasteiger partial charge in [-0.25, -0.2) is 13.7 Å². The smallest absolute Gasteiger partial charge is 0.272 e. The predicted molar refractivity (Wildman–Crippen MR) is 101 cm³/mol. The molecule has 0 aliphatic carbocycles. The van der Waals surface area contributed by atoms with E-state index in [0.717, 1.165) is 17.0 Å². The second kappa shape index (κ2) is 7.52. The minimum absolute atomic E-state index is 0.0179. The molecule has 3 rings (SSSR count). The minimum Gasteiger partial charge on any atom is -0.496 e. The first-order chi connectivity index (χ1) is 12.8. The van der Waals surface area contributed by atoms with Crippen molar-refractivity contribution in [3.63, 3.8) is 0 Å². The number of rotatable bonds is 5. The van der Waals surface area contributed by atoms with Crippen molar-refractivity contribution in [2.45, 2.75) is 19.1 Å². The van der Waals surface area contributed by atoms with Crippen molar-refractivity contribution in [2.75, 3.05) is 12.0 Å². The van der Waals surface area contributed by atoms with Crippen molar-refractivity contribution < 1.29 is 23.1 Å². The molecule has 0 radical (unpaired) electrons. The number of methoxy groups -OCH3 is 1. The van der Waals surface area contributed by atoms with E-state index in [4.69, 9.17) is 4.74 Å². The van der Waals surface area contributed by atoms with Gasteiger partial charge in [0, 0.05) is 16.9 Å². The van der Waals surface area contributed by atoms with Crippen molar-refractivity contribution in [1.82, 2.24) is 0 Å². The number of benzene rings is 2. The summed E-state index contributed by atoms with van der Waals surface area (Å²) in [7, 11) is 1.48. The summed E-state index contributed by atoms with van der Waals surface area (Å²) in [5, 5.41) is 0.0337. The third-order valence-corrected chi connectivity index (χ3v) is 5.02. The topological polar surface area (TPSA) is 46.6 Å². The van der Waals surface area contributed by atoms with E-state index in [-0.39, 0.29) is 21.4 Å². The Morgan fingerprint density at radius 1 is 1.00 bits per heavy atom. The molecule has 1 heterocycles. The van der Waals surface area contributed by atoms with Crippen LogP contribution in [-0.2, 0) is 9.59 Å². The first-order valence-electron chi connectivity index (χ1n) is 8.23. The number of carbonyl (C=O) groups excluding carboxylic acids is 2. The molecule has 0 fully saturated rings. The zero-order valence-electron chi connectivity index (χ0n) is 15.0. The molecular weight excluding hydrogens is 372 g/mol. The van der Waals surface area contributed by atoms with Gasteiger partial charge in [-0.05, 0) is 18.2 Å². The Kier molecular flexibility index (Phi) is 5.32. The molecule has 0 saturated heterocycles. The summed E-state index contributed by atoms with van der Waals surface area (Å²) in [5.41, 5.74) is 0.656. The number of anilines is 1. The van der Waals surface area contributed by atoms with E-state index in [9.17, 15) is 18.4 Å². The van der Waals surface area contributed by atoms with Gasteiger partial charge in [0.2, 0.25) is 0 Å². The Morgan fingerprint density at radius 2 is 1.70 bits per heavy atom. The van der Waals surface area contributed by atoms with Crippen molar-refractivity contribution in [3.05, 3.63) is 64.6 Å². The number of hydrogen-bond acceptors (Lipinski definition) is 4. The van der Waals surface area contributed by atoms with Gasteiger partial charge in [0.1, 0.15) is 5.75 Å². The normalized spacial score (nSPS) is 14.5. The molecule has 0 atom stereocenters. The molecule has 0 N–H and O–H groups in total. The molecule has 2 aromatic rings. The highest BCUT2D eigenvalue weighted by Gasteiger charge is 2.41. The molecule has 1 aliphatic heterocycles. The molecule has 0 aromatic heterocycles. The van der Waals surface area contributed by atoms with Crippen molar-refractivity contribution in [3.8, 4) is 5.75 Å². The summed E-state index contributed by atoms with van der Waals surface area (Å²) in [5.74, 6) is -2.89. The van der Waals surface area contributed by atoms with Gasteiger partial charge in [0.05, 0.1) is 23.3 Å². The number of imide groups is 1. The lowest BCUT2D eigenvalue weighted by molar-refractivity contribution is -0.119. The molecule has 2 amide bonds. The number of carbonyl (C=O) groups is 2. The molecule has 7 heteroatoms. The fourth-order valence-electron chi connectivity index (χ4n) is 2.80. The number of halogens is 2. The zero-order chi connectivity index (χ0) is 19.7. The van der Waals surface area contributed by atoms with Crippen LogP contribution in [0, 0.1) is 11.6 Å². The van der Waals surface area contributed by atoms with Crippen LogP contribution in [0.2, 0.25) is 0 Å². The second-order valence-corrected chi connectivity index (χ2v) is 7.70. The fraction of sp³-hybridized carbons (Fsp3) is 0.200. The highest BCUT2D eigenvalue weighted by Crippen LogP contribution is 2.42. The summed E-state index contributed by atoms with van der Waals surface area (Å²) in [6.45, 7) is 3.80. The molecule has 27 heavy (non-hydrogen) atoms. The molecule has 0 bridgehead atoms. The maximum absolute atomic E-state index is 13.7. The Labute approximate surface area is 159 Å². The van der Waals surface area contributed by atoms with Gasteiger partial charge >= 0.3 is 0 Å². The molecule has 0 unspecified atom stereocenters. The molecule has 140 valence electrons. The minimum atomic E-state index is -1.13. The number of amides is 2. The average Bonchev–Trinajstić information content (AvgIpc) is 2.87. The van der Waals surface area contributed by atoms with E-state index in [1.54, 1.807) is 24.3 Å². The van der Waals surface area contributed by atoms with Gasteiger partial charge in [-0.3, -0.25) is 9.59 Å². The van der Waals surface area contributed by atoms with Gasteiger partial charge < -0.3 is 4.74 Å². The van der Waals surface area contributed by atoms with Crippen molar-refractivity contribution >= 4 is 34.8 Å². The maximum Gasteiger partial charge on any atom is 0.272 e. The van der Waals surface area contributed by atoms with Crippen LogP contribution in [0.1, 0.15) is 19.4 Å². The standard InChI is InChI=1S/C20H17F2NO3S/c1-11(2)27-18-17(13-6-4-5-7-16(13)26-3)19(24)23(20(18)25)12-8-9-14(21)15(22)10-12/h4-11H,1-3H3. The van der Waals surface area contributed by atoms with Crippen molar-refractivity contribution in [1.29, 1.82) is 0 Å². The molecule has 0 saturated carbocycles. The van der Waals surface area contributed by atoms with E-state index < -0.39 is 23.4 Å². The predicted octanol–water partition coefficient (Wildman–Crippen LogP) is 4.40. The lowest BCUT2D eigenvalue weighted by atomic mass is 10.0. The second-order valence-electron chi connectivity index (χ2n) is 6.12. The van der Waals surface area contributed by atoms with Gasteiger partial charge in [0.25, 0.3) is 11.8 Å². The van der Waals surface area contributed by atoms with Crippen LogP contribution in [0.25, 0.3) is 5.57 Å². The van der Waals surface area contributed by atoms with Crippen LogP contribution < -0.4 is 9.64 Å². The molecule has 4 nitrogen and oxygen atoms in total. The number of nitrogens with zero attached hydrogens (tertiary/aromatic N) is 1. The fourth-order valence-corrected chi connectivity index (χ4v) is 3.78. The Bertz CT molecular complexity index is 956. The summed E-state index contributed by atoms with van der Waals surface area (Å²) in [6.07, 6.45) is 0. The number of thioether (sulfide) groups is 1. The Morgan fingerprint density at radius 3 is 2.33 bits per heavy atom. The van der Waals surface area contributed by atoms with Gasteiger partial charge in [0.15, 0.2) is 11.6 Å². The van der Waals surface area contributed by atoms with Crippen LogP contribution in [0.5, 0.6) is 5.75 Å². The third kappa shape index (κ3) is 3.47. The largest absolute Gasteiger partial charge is 0.496 e. The first kappa shape index (κ1) is 19.1. The van der Waals surface area contributed by atoms with Gasteiger partial charge in [-0.1, -0.05) is 32.0 Å². The number of hydrogen-bond donors (Lipinski definition) is 0. The number of ether oxygens (including phenoxy) is 1. The Balaban J connectivity index is 2.16. The average molecular weight is 389 g/mol. The van der Waals surface area contributed by atoms with Gasteiger partial charge in [-0.2, -0.15) is 0 Å². The molecular formula is C20H17F2NO3S. The monoisotopic (exact) mass is 389 g/mol. The molecule has 1 aliphatic rings. The lowest BCUT2D eigenvalue weighted by Gasteiger charge is -2.16. The van der Waals surface area contributed by atoms with E-state index >= 15 is 0 Å². The third-order valence-electron chi connectivity index (χ3n) is 3.93. The van der Waals surface area contributed by atoms with E-state index in [0.29, 0.717) is 11.3 Å². The van der Waals surface area contributed by atoms with Crippen LogP contribution in [0.15, 0.2) is 47.4 Å². The summed E-state index contributed by atoms with van der Waals surface area (Å²) >= 11 is 1.25. The van der Waals surface area contributed by atoms with Crippen LogP contribution in [-0.4, -0.2) is 24.2 Å². The SMILES string of the molecule is COc1ccccc1C1=C(SC(C)C)C(=O)N(c2ccc(F)c(F)c2)C1=O. The van der Waals surface area contributed by atoms with Gasteiger partial charge in [-0.15, -0.1) is 11.8 Å². The highest BCUT2D eigenvalue weighted by molar-refractivity contribution is 8.04. The van der Waals surface area contributed by atoms with E-state index in [1.807, 2.05) is 13.8 Å². The maximum atomic E-state index is 13.7. The zero-order valence-corrected chi connectivity index (χ0v) is 15.8. The summed E-state index contributed by atoms with van der Waals surface area (Å²) in [4.78, 5) is 27.3. The van der Waals surface area contributed by atoms with E-state index in [1.165, 1.54) is 24.9 Å². The lowest BCUT2D eigenvalue weighted by Crippen LogP contribution is -2.31. The highest BCUT2D eigenvalue weighted by atomic mass is 32.2.